The number of aromatic nitrogens is 2. The number of nitrogens with zero attached hydrogens (tertiary/aromatic N) is 2. The van der Waals surface area contributed by atoms with Gasteiger partial charge >= 0.3 is 0 Å². The normalized spacial score (nSPS) is 10.2. The Hall–Kier alpha value is -1.89. The lowest BCUT2D eigenvalue weighted by Gasteiger charge is -2.10. The third-order valence-corrected chi connectivity index (χ3v) is 2.72. The number of nitrogen functional groups attached to an aromatic ring is 1. The van der Waals surface area contributed by atoms with Crippen molar-refractivity contribution in [2.45, 2.75) is 0 Å². The van der Waals surface area contributed by atoms with Crippen LogP contribution in [0, 0.1) is 5.82 Å². The first kappa shape index (κ1) is 12.6. The molecule has 0 saturated carbocycles. The summed E-state index contributed by atoms with van der Waals surface area (Å²) in [6.45, 7) is 0. The van der Waals surface area contributed by atoms with E-state index in [2.05, 4.69) is 31.2 Å². The van der Waals surface area contributed by atoms with Crippen LogP contribution in [-0.2, 0) is 0 Å². The summed E-state index contributed by atoms with van der Waals surface area (Å²) in [4.78, 5) is 7.78. The Balaban J connectivity index is 2.34. The molecule has 0 aliphatic heterocycles. The topological polar surface area (TPSA) is 73.1 Å². The van der Waals surface area contributed by atoms with E-state index in [0.29, 0.717) is 10.3 Å². The van der Waals surface area contributed by atoms with E-state index >= 15 is 0 Å². The summed E-state index contributed by atoms with van der Waals surface area (Å²) in [7, 11) is 1.45. The number of nitrogens with two attached hydrogens (primary N) is 1. The van der Waals surface area contributed by atoms with Gasteiger partial charge in [-0.25, -0.2) is 9.37 Å². The molecule has 1 heterocycles. The fourth-order valence-electron chi connectivity index (χ4n) is 1.36. The van der Waals surface area contributed by atoms with E-state index in [-0.39, 0.29) is 17.3 Å². The van der Waals surface area contributed by atoms with Crippen LogP contribution in [0.15, 0.2) is 29.0 Å². The van der Waals surface area contributed by atoms with Gasteiger partial charge in [0.05, 0.1) is 12.8 Å². The molecule has 0 radical (unpaired) electrons. The Kier molecular flexibility index (Phi) is 3.61. The Morgan fingerprint density at radius 1 is 1.39 bits per heavy atom. The van der Waals surface area contributed by atoms with Crippen LogP contribution in [0.1, 0.15) is 0 Å². The van der Waals surface area contributed by atoms with Gasteiger partial charge in [-0.1, -0.05) is 15.9 Å². The van der Waals surface area contributed by atoms with Crippen LogP contribution in [0.25, 0.3) is 0 Å². The summed E-state index contributed by atoms with van der Waals surface area (Å²) in [5.74, 6) is 0.120. The third kappa shape index (κ3) is 2.51. The number of hydrogen-bond donors (Lipinski definition) is 2. The SMILES string of the molecule is COc1ncnc(Nc2ccc(Br)cc2F)c1N. The fraction of sp³-hybridized carbons (Fsp3) is 0.0909. The average Bonchev–Trinajstić information content (AvgIpc) is 2.35. The highest BCUT2D eigenvalue weighted by atomic mass is 79.9. The monoisotopic (exact) mass is 312 g/mol. The minimum absolute atomic E-state index is 0.224. The maximum Gasteiger partial charge on any atom is 0.242 e. The molecular formula is C11H10BrFN4O. The Labute approximate surface area is 111 Å². The number of hydrogen-bond acceptors (Lipinski definition) is 5. The molecule has 0 bridgehead atoms. The maximum absolute atomic E-state index is 13.6. The first-order valence-corrected chi connectivity index (χ1v) is 5.77. The standard InChI is InChI=1S/C11H10BrFN4O/c1-18-11-9(14)10(15-5-16-11)17-8-3-2-6(12)4-7(8)13/h2-5H,14H2,1H3,(H,15,16,17). The van der Waals surface area contributed by atoms with E-state index in [9.17, 15) is 4.39 Å². The van der Waals surface area contributed by atoms with Crippen molar-refractivity contribution in [3.05, 3.63) is 34.8 Å². The van der Waals surface area contributed by atoms with Crippen LogP contribution in [0.2, 0.25) is 0 Å². The molecule has 0 aliphatic rings. The smallest absolute Gasteiger partial charge is 0.242 e. The molecule has 0 atom stereocenters. The Bertz CT molecular complexity index is 579. The van der Waals surface area contributed by atoms with Gasteiger partial charge < -0.3 is 15.8 Å². The summed E-state index contributed by atoms with van der Waals surface area (Å²) < 4.78 is 19.2. The van der Waals surface area contributed by atoms with Gasteiger partial charge in [0.2, 0.25) is 5.88 Å². The highest BCUT2D eigenvalue weighted by Crippen LogP contribution is 2.28. The van der Waals surface area contributed by atoms with Crippen LogP contribution >= 0.6 is 15.9 Å². The van der Waals surface area contributed by atoms with Gasteiger partial charge in [0, 0.05) is 4.47 Å². The minimum Gasteiger partial charge on any atom is -0.479 e. The predicted molar refractivity (Wildman–Crippen MR) is 70.4 cm³/mol. The van der Waals surface area contributed by atoms with Crippen molar-refractivity contribution in [3.8, 4) is 5.88 Å². The zero-order chi connectivity index (χ0) is 13.1. The quantitative estimate of drug-likeness (QED) is 0.911. The summed E-state index contributed by atoms with van der Waals surface area (Å²) in [6.07, 6.45) is 1.29. The highest BCUT2D eigenvalue weighted by Gasteiger charge is 2.10. The zero-order valence-electron chi connectivity index (χ0n) is 9.45. The molecule has 1 aromatic heterocycles. The van der Waals surface area contributed by atoms with Crippen molar-refractivity contribution in [1.29, 1.82) is 0 Å². The number of nitrogens with one attached hydrogen (secondary N) is 1. The van der Waals surface area contributed by atoms with Crippen LogP contribution in [-0.4, -0.2) is 17.1 Å². The zero-order valence-corrected chi connectivity index (χ0v) is 11.0. The van der Waals surface area contributed by atoms with Gasteiger partial charge in [-0.3, -0.25) is 0 Å². The van der Waals surface area contributed by atoms with Gasteiger partial charge in [0.1, 0.15) is 17.8 Å². The van der Waals surface area contributed by atoms with Crippen molar-refractivity contribution >= 4 is 33.1 Å². The molecule has 94 valence electrons. The number of rotatable bonds is 3. The molecule has 0 saturated heterocycles. The van der Waals surface area contributed by atoms with Crippen molar-refractivity contribution in [3.63, 3.8) is 0 Å². The second kappa shape index (κ2) is 5.18. The predicted octanol–water partition coefficient (Wildman–Crippen LogP) is 2.71. The van der Waals surface area contributed by atoms with E-state index in [1.807, 2.05) is 0 Å². The van der Waals surface area contributed by atoms with Gasteiger partial charge in [0.25, 0.3) is 0 Å². The lowest BCUT2D eigenvalue weighted by Crippen LogP contribution is -2.04. The third-order valence-electron chi connectivity index (χ3n) is 2.22. The lowest BCUT2D eigenvalue weighted by atomic mass is 10.3. The first-order valence-electron chi connectivity index (χ1n) is 4.98. The van der Waals surface area contributed by atoms with Crippen LogP contribution in [0.4, 0.5) is 21.6 Å². The van der Waals surface area contributed by atoms with Crippen molar-refractivity contribution < 1.29 is 9.13 Å². The van der Waals surface area contributed by atoms with Crippen LogP contribution in [0.5, 0.6) is 5.88 Å². The van der Waals surface area contributed by atoms with E-state index < -0.39 is 5.82 Å². The second-order valence-corrected chi connectivity index (χ2v) is 4.31. The van der Waals surface area contributed by atoms with Gasteiger partial charge in [-0.05, 0) is 18.2 Å². The number of halogens is 2. The number of ether oxygens (including phenoxy) is 1. The highest BCUT2D eigenvalue weighted by molar-refractivity contribution is 9.10. The molecule has 7 heteroatoms. The van der Waals surface area contributed by atoms with Crippen LogP contribution < -0.4 is 15.8 Å². The van der Waals surface area contributed by atoms with E-state index in [1.165, 1.54) is 19.5 Å². The molecule has 5 nitrogen and oxygen atoms in total. The fourth-order valence-corrected chi connectivity index (χ4v) is 1.69. The average molecular weight is 313 g/mol. The molecule has 2 rings (SSSR count). The van der Waals surface area contributed by atoms with E-state index in [4.69, 9.17) is 10.5 Å². The van der Waals surface area contributed by atoms with E-state index in [0.717, 1.165) is 0 Å². The maximum atomic E-state index is 13.6. The molecule has 18 heavy (non-hydrogen) atoms. The minimum atomic E-state index is -0.415. The van der Waals surface area contributed by atoms with E-state index in [1.54, 1.807) is 12.1 Å². The van der Waals surface area contributed by atoms with Gasteiger partial charge in [0.15, 0.2) is 5.82 Å². The second-order valence-electron chi connectivity index (χ2n) is 3.39. The molecule has 0 amide bonds. The van der Waals surface area contributed by atoms with Gasteiger partial charge in [-0.15, -0.1) is 0 Å². The lowest BCUT2D eigenvalue weighted by molar-refractivity contribution is 0.399. The summed E-state index contributed by atoms with van der Waals surface area (Å²) >= 11 is 3.18. The molecule has 1 aromatic carbocycles. The molecule has 0 aliphatic carbocycles. The number of benzene rings is 1. The molecule has 2 aromatic rings. The van der Waals surface area contributed by atoms with Gasteiger partial charge in [-0.2, -0.15) is 4.98 Å². The molecular weight excluding hydrogens is 303 g/mol. The van der Waals surface area contributed by atoms with Crippen molar-refractivity contribution in [1.82, 2.24) is 9.97 Å². The molecule has 0 spiro atoms. The van der Waals surface area contributed by atoms with Crippen molar-refractivity contribution in [2.75, 3.05) is 18.2 Å². The molecule has 3 N–H and O–H groups in total. The number of anilines is 3. The summed E-state index contributed by atoms with van der Waals surface area (Å²) in [6, 6.07) is 4.63. The largest absolute Gasteiger partial charge is 0.479 e. The molecule has 0 unspecified atom stereocenters. The van der Waals surface area contributed by atoms with Crippen molar-refractivity contribution in [2.24, 2.45) is 0 Å². The molecule has 0 fully saturated rings. The number of methoxy groups -OCH3 is 1. The summed E-state index contributed by atoms with van der Waals surface area (Å²) in [5, 5.41) is 2.79. The Morgan fingerprint density at radius 3 is 2.83 bits per heavy atom. The van der Waals surface area contributed by atoms with Crippen LogP contribution in [0.3, 0.4) is 0 Å². The Morgan fingerprint density at radius 2 is 2.17 bits per heavy atom. The first-order chi connectivity index (χ1) is 8.61. The summed E-state index contributed by atoms with van der Waals surface area (Å²) in [5.41, 5.74) is 6.27.